The minimum atomic E-state index is -3.68. The summed E-state index contributed by atoms with van der Waals surface area (Å²) in [6, 6.07) is 12.6. The van der Waals surface area contributed by atoms with Gasteiger partial charge in [0.15, 0.2) is 5.03 Å². The van der Waals surface area contributed by atoms with Crippen molar-refractivity contribution in [3.8, 4) is 0 Å². The molecule has 0 amide bonds. The van der Waals surface area contributed by atoms with E-state index in [1.807, 2.05) is 24.3 Å². The largest absolute Gasteiger partial charge is 0.339 e. The lowest BCUT2D eigenvalue weighted by Crippen LogP contribution is -2.34. The molecule has 0 saturated carbocycles. The van der Waals surface area contributed by atoms with Crippen LogP contribution in [0, 0.1) is 5.82 Å². The summed E-state index contributed by atoms with van der Waals surface area (Å²) < 4.78 is 42.7. The molecule has 0 aliphatic heterocycles. The first kappa shape index (κ1) is 20.7. The van der Waals surface area contributed by atoms with Crippen LogP contribution in [0.4, 0.5) is 4.39 Å². The Morgan fingerprint density at radius 3 is 2.80 bits per heavy atom. The Balaban J connectivity index is 1.55. The highest BCUT2D eigenvalue weighted by atomic mass is 32.2. The van der Waals surface area contributed by atoms with Crippen LogP contribution >= 0.6 is 0 Å². The van der Waals surface area contributed by atoms with Crippen molar-refractivity contribution in [1.29, 1.82) is 0 Å². The van der Waals surface area contributed by atoms with E-state index < -0.39 is 10.0 Å². The Hall–Kier alpha value is -2.55. The van der Waals surface area contributed by atoms with Crippen LogP contribution in [0.15, 0.2) is 60.0 Å². The monoisotopic (exact) mass is 428 g/mol. The molecule has 2 unspecified atom stereocenters. The molecule has 2 aromatic carbocycles. The summed E-state index contributed by atoms with van der Waals surface area (Å²) in [5.74, 6) is -0.197. The minimum absolute atomic E-state index is 0.00559. The number of hydrogen-bond donors (Lipinski definition) is 2. The van der Waals surface area contributed by atoms with Crippen molar-refractivity contribution in [3.05, 3.63) is 83.1 Å². The van der Waals surface area contributed by atoms with Gasteiger partial charge < -0.3 is 10.3 Å². The topological polar surface area (TPSA) is 90.0 Å². The number of aryl methyl sites for hydroxylation is 2. The van der Waals surface area contributed by atoms with Crippen molar-refractivity contribution < 1.29 is 12.8 Å². The second-order valence-corrected chi connectivity index (χ2v) is 9.59. The molecule has 30 heavy (non-hydrogen) atoms. The van der Waals surface area contributed by atoms with Gasteiger partial charge in [-0.3, -0.25) is 0 Å². The fraction of sp³-hybridized carbons (Fsp3) is 0.318. The lowest BCUT2D eigenvalue weighted by Gasteiger charge is -2.32. The number of fused-ring (bicyclic) bond motifs is 1. The van der Waals surface area contributed by atoms with Crippen molar-refractivity contribution >= 4 is 10.0 Å². The van der Waals surface area contributed by atoms with Crippen molar-refractivity contribution in [2.75, 3.05) is 0 Å². The maximum atomic E-state index is 13.6. The molecule has 1 heterocycles. The van der Waals surface area contributed by atoms with Crippen LogP contribution in [-0.4, -0.2) is 24.0 Å². The van der Waals surface area contributed by atoms with E-state index >= 15 is 0 Å². The van der Waals surface area contributed by atoms with E-state index in [4.69, 9.17) is 5.73 Å². The first-order valence-electron chi connectivity index (χ1n) is 9.91. The maximum absolute atomic E-state index is 13.6. The molecular formula is C22H25FN4O2S. The number of sulfonamides is 1. The molecule has 6 nitrogen and oxygen atoms in total. The molecule has 0 saturated heterocycles. The van der Waals surface area contributed by atoms with Gasteiger partial charge in [0.25, 0.3) is 10.0 Å². The lowest BCUT2D eigenvalue weighted by atomic mass is 9.76. The standard InChI is InChI=1S/C22H25FN4O2S/c1-27-13-22(25-14-27)30(28,29)26-12-16-5-6-17-7-8-21(24)20(19(17)11-16)10-15-3-2-4-18(23)9-15/h2-6,9,11,13-14,20-21,26H,7-8,10,12,24H2,1H3. The Morgan fingerprint density at radius 2 is 2.07 bits per heavy atom. The first-order valence-corrected chi connectivity index (χ1v) is 11.4. The van der Waals surface area contributed by atoms with Crippen molar-refractivity contribution in [2.45, 2.75) is 42.8 Å². The second-order valence-electron chi connectivity index (χ2n) is 7.88. The van der Waals surface area contributed by atoms with Gasteiger partial charge in [-0.05, 0) is 53.6 Å². The van der Waals surface area contributed by atoms with E-state index in [-0.39, 0.29) is 29.3 Å². The molecule has 3 aromatic rings. The zero-order valence-electron chi connectivity index (χ0n) is 16.8. The van der Waals surface area contributed by atoms with Gasteiger partial charge in [0.2, 0.25) is 0 Å². The summed E-state index contributed by atoms with van der Waals surface area (Å²) in [7, 11) is -1.97. The van der Waals surface area contributed by atoms with Crippen LogP contribution in [0.2, 0.25) is 0 Å². The summed E-state index contributed by atoms with van der Waals surface area (Å²) in [6.45, 7) is 0.161. The zero-order valence-corrected chi connectivity index (χ0v) is 17.6. The normalized spacial score (nSPS) is 18.9. The molecule has 0 spiro atoms. The highest BCUT2D eigenvalue weighted by Gasteiger charge is 2.28. The second kappa shape index (κ2) is 8.29. The third kappa shape index (κ3) is 4.45. The molecule has 3 N–H and O–H groups in total. The molecule has 8 heteroatoms. The number of imidazole rings is 1. The van der Waals surface area contributed by atoms with Gasteiger partial charge in [0.05, 0.1) is 6.33 Å². The summed E-state index contributed by atoms with van der Waals surface area (Å²) in [5.41, 5.74) is 10.5. The highest BCUT2D eigenvalue weighted by molar-refractivity contribution is 7.89. The molecule has 1 aliphatic carbocycles. The Labute approximate surface area is 176 Å². The van der Waals surface area contributed by atoms with E-state index in [2.05, 4.69) is 9.71 Å². The number of rotatable bonds is 6. The summed E-state index contributed by atoms with van der Waals surface area (Å²) >= 11 is 0. The summed E-state index contributed by atoms with van der Waals surface area (Å²) in [5, 5.41) is -0.00559. The van der Waals surface area contributed by atoms with Gasteiger partial charge >= 0.3 is 0 Å². The fourth-order valence-corrected chi connectivity index (χ4v) is 5.04. The van der Waals surface area contributed by atoms with Crippen molar-refractivity contribution in [1.82, 2.24) is 14.3 Å². The van der Waals surface area contributed by atoms with E-state index in [9.17, 15) is 12.8 Å². The molecule has 1 aliphatic rings. The fourth-order valence-electron chi connectivity index (χ4n) is 4.04. The van der Waals surface area contributed by atoms with Crippen molar-refractivity contribution in [2.24, 2.45) is 12.8 Å². The lowest BCUT2D eigenvalue weighted by molar-refractivity contribution is 0.466. The highest BCUT2D eigenvalue weighted by Crippen LogP contribution is 2.34. The van der Waals surface area contributed by atoms with Gasteiger partial charge in [0, 0.05) is 31.7 Å². The maximum Gasteiger partial charge on any atom is 0.259 e. The van der Waals surface area contributed by atoms with Gasteiger partial charge in [0.1, 0.15) is 5.82 Å². The van der Waals surface area contributed by atoms with E-state index in [0.29, 0.717) is 6.42 Å². The summed E-state index contributed by atoms with van der Waals surface area (Å²) in [4.78, 5) is 3.91. The van der Waals surface area contributed by atoms with Gasteiger partial charge in [-0.15, -0.1) is 0 Å². The average Bonchev–Trinajstić information content (AvgIpc) is 3.16. The van der Waals surface area contributed by atoms with Crippen LogP contribution in [0.5, 0.6) is 0 Å². The smallest absolute Gasteiger partial charge is 0.259 e. The molecule has 4 rings (SSSR count). The Bertz CT molecular complexity index is 1160. The quantitative estimate of drug-likeness (QED) is 0.632. The Kier molecular flexibility index (Phi) is 5.73. The Morgan fingerprint density at radius 1 is 1.23 bits per heavy atom. The molecule has 2 atom stereocenters. The van der Waals surface area contributed by atoms with Crippen LogP contribution in [-0.2, 0) is 36.5 Å². The zero-order chi connectivity index (χ0) is 21.3. The molecule has 1 aromatic heterocycles. The molecule has 0 bridgehead atoms. The van der Waals surface area contributed by atoms with Crippen LogP contribution < -0.4 is 10.5 Å². The average molecular weight is 429 g/mol. The van der Waals surface area contributed by atoms with Gasteiger partial charge in [-0.1, -0.05) is 30.3 Å². The number of benzene rings is 2. The predicted octanol–water partition coefficient (Wildman–Crippen LogP) is 2.64. The molecule has 0 radical (unpaired) electrons. The van der Waals surface area contributed by atoms with Gasteiger partial charge in [-0.2, -0.15) is 0 Å². The number of halogens is 1. The SMILES string of the molecule is Cn1cnc(S(=O)(=O)NCc2ccc3c(c2)C(Cc2cccc(F)c2)C(N)CC3)c1. The number of hydrogen-bond acceptors (Lipinski definition) is 4. The van der Waals surface area contributed by atoms with Crippen LogP contribution in [0.3, 0.4) is 0 Å². The van der Waals surface area contributed by atoms with Crippen LogP contribution in [0.25, 0.3) is 0 Å². The number of nitrogens with one attached hydrogen (secondary N) is 1. The van der Waals surface area contributed by atoms with Crippen molar-refractivity contribution in [3.63, 3.8) is 0 Å². The molecule has 0 fully saturated rings. The van der Waals surface area contributed by atoms with E-state index in [0.717, 1.165) is 29.5 Å². The first-order chi connectivity index (χ1) is 14.3. The molecule has 158 valence electrons. The number of nitrogens with zero attached hydrogens (tertiary/aromatic N) is 2. The summed E-state index contributed by atoms with van der Waals surface area (Å²) in [6.07, 6.45) is 5.32. The molecular weight excluding hydrogens is 403 g/mol. The van der Waals surface area contributed by atoms with Gasteiger partial charge in [-0.25, -0.2) is 22.5 Å². The van der Waals surface area contributed by atoms with E-state index in [1.165, 1.54) is 24.2 Å². The predicted molar refractivity (Wildman–Crippen MR) is 113 cm³/mol. The third-order valence-corrected chi connectivity index (χ3v) is 6.93. The van der Waals surface area contributed by atoms with E-state index in [1.54, 1.807) is 23.7 Å². The minimum Gasteiger partial charge on any atom is -0.339 e. The number of aromatic nitrogens is 2. The van der Waals surface area contributed by atoms with Crippen LogP contribution in [0.1, 0.15) is 34.6 Å². The number of nitrogens with two attached hydrogens (primary N) is 1. The third-order valence-electron chi connectivity index (χ3n) is 5.64.